The highest BCUT2D eigenvalue weighted by Crippen LogP contribution is 2.33. The minimum Gasteiger partial charge on any atom is -0.496 e. The van der Waals surface area contributed by atoms with E-state index in [1.54, 1.807) is 21.3 Å². The van der Waals surface area contributed by atoms with E-state index in [0.717, 1.165) is 41.8 Å². The second kappa shape index (κ2) is 7.52. The van der Waals surface area contributed by atoms with E-state index < -0.39 is 0 Å². The normalized spacial score (nSPS) is 18.8. The monoisotopic (exact) mass is 294 g/mol. The Morgan fingerprint density at radius 1 is 1.14 bits per heavy atom. The van der Waals surface area contributed by atoms with Crippen molar-refractivity contribution in [3.05, 3.63) is 17.7 Å². The molecule has 1 heterocycles. The molecular formula is C16H26N2O3. The van der Waals surface area contributed by atoms with Crippen LogP contribution in [0.25, 0.3) is 0 Å². The van der Waals surface area contributed by atoms with Gasteiger partial charge in [-0.15, -0.1) is 0 Å². The lowest BCUT2D eigenvalue weighted by Gasteiger charge is -2.17. The van der Waals surface area contributed by atoms with E-state index in [1.165, 1.54) is 19.5 Å². The fraction of sp³-hybridized carbons (Fsp3) is 0.625. The topological polar surface area (TPSA) is 43.0 Å². The minimum absolute atomic E-state index is 0.727. The number of hydrogen-bond donors (Lipinski definition) is 1. The Balaban J connectivity index is 2.00. The van der Waals surface area contributed by atoms with Gasteiger partial charge in [-0.1, -0.05) is 0 Å². The van der Waals surface area contributed by atoms with Crippen LogP contribution in [-0.4, -0.2) is 52.9 Å². The highest BCUT2D eigenvalue weighted by Gasteiger charge is 2.19. The van der Waals surface area contributed by atoms with Crippen LogP contribution in [0.3, 0.4) is 0 Å². The molecule has 0 spiro atoms. The number of rotatable bonds is 7. The summed E-state index contributed by atoms with van der Waals surface area (Å²) in [6.07, 6.45) is 1.26. The van der Waals surface area contributed by atoms with Crippen molar-refractivity contribution >= 4 is 0 Å². The van der Waals surface area contributed by atoms with Crippen molar-refractivity contribution in [1.29, 1.82) is 0 Å². The number of likely N-dealkylation sites (tertiary alicyclic amines) is 1. The Hall–Kier alpha value is -1.46. The molecule has 1 atom stereocenters. The number of hydrogen-bond acceptors (Lipinski definition) is 5. The van der Waals surface area contributed by atoms with Crippen LogP contribution >= 0.6 is 0 Å². The predicted octanol–water partition coefficient (Wildman–Crippen LogP) is 1.75. The number of nitrogens with one attached hydrogen (secondary N) is 1. The van der Waals surface area contributed by atoms with Crippen molar-refractivity contribution in [2.24, 2.45) is 5.92 Å². The Labute approximate surface area is 127 Å². The van der Waals surface area contributed by atoms with Gasteiger partial charge >= 0.3 is 0 Å². The zero-order valence-corrected chi connectivity index (χ0v) is 13.4. The quantitative estimate of drug-likeness (QED) is 0.830. The van der Waals surface area contributed by atoms with E-state index in [1.807, 2.05) is 12.1 Å². The Kier molecular flexibility index (Phi) is 5.70. The third-order valence-electron chi connectivity index (χ3n) is 4.04. The molecule has 2 rings (SSSR count). The lowest BCUT2D eigenvalue weighted by atomic mass is 10.1. The van der Waals surface area contributed by atoms with Crippen LogP contribution in [0.1, 0.15) is 12.0 Å². The SMILES string of the molecule is COc1cc(OC)c(CNCC2CCN(C)C2)c(OC)c1. The first-order chi connectivity index (χ1) is 10.2. The molecule has 0 saturated carbocycles. The largest absolute Gasteiger partial charge is 0.496 e. The molecule has 21 heavy (non-hydrogen) atoms. The van der Waals surface area contributed by atoms with Crippen molar-refractivity contribution in [2.75, 3.05) is 48.0 Å². The van der Waals surface area contributed by atoms with Crippen LogP contribution < -0.4 is 19.5 Å². The summed E-state index contributed by atoms with van der Waals surface area (Å²) in [5.41, 5.74) is 1.03. The zero-order chi connectivity index (χ0) is 15.2. The molecule has 1 N–H and O–H groups in total. The molecule has 1 fully saturated rings. The maximum absolute atomic E-state index is 5.46. The van der Waals surface area contributed by atoms with Gasteiger partial charge in [0.1, 0.15) is 17.2 Å². The Bertz CT molecular complexity index is 440. The van der Waals surface area contributed by atoms with E-state index in [-0.39, 0.29) is 0 Å². The molecule has 1 aromatic carbocycles. The number of ether oxygens (including phenoxy) is 3. The third kappa shape index (κ3) is 4.02. The van der Waals surface area contributed by atoms with Crippen LogP contribution in [0, 0.1) is 5.92 Å². The molecule has 0 amide bonds. The first-order valence-corrected chi connectivity index (χ1v) is 7.36. The van der Waals surface area contributed by atoms with E-state index >= 15 is 0 Å². The molecular weight excluding hydrogens is 268 g/mol. The van der Waals surface area contributed by atoms with Crippen molar-refractivity contribution < 1.29 is 14.2 Å². The van der Waals surface area contributed by atoms with Gasteiger partial charge in [0.25, 0.3) is 0 Å². The van der Waals surface area contributed by atoms with Gasteiger partial charge in [-0.25, -0.2) is 0 Å². The van der Waals surface area contributed by atoms with Crippen LogP contribution in [0.5, 0.6) is 17.2 Å². The smallest absolute Gasteiger partial charge is 0.130 e. The molecule has 1 unspecified atom stereocenters. The first-order valence-electron chi connectivity index (χ1n) is 7.36. The van der Waals surface area contributed by atoms with Gasteiger partial charge in [0.2, 0.25) is 0 Å². The maximum atomic E-state index is 5.46. The van der Waals surface area contributed by atoms with Crippen molar-refractivity contribution in [2.45, 2.75) is 13.0 Å². The molecule has 0 bridgehead atoms. The number of methoxy groups -OCH3 is 3. The highest BCUT2D eigenvalue weighted by atomic mass is 16.5. The second-order valence-electron chi connectivity index (χ2n) is 5.56. The van der Waals surface area contributed by atoms with E-state index in [9.17, 15) is 0 Å². The molecule has 5 nitrogen and oxygen atoms in total. The van der Waals surface area contributed by atoms with Crippen LogP contribution in [0.2, 0.25) is 0 Å². The fourth-order valence-corrected chi connectivity index (χ4v) is 2.85. The van der Waals surface area contributed by atoms with Gasteiger partial charge in [-0.2, -0.15) is 0 Å². The molecule has 0 radical (unpaired) electrons. The Morgan fingerprint density at radius 2 is 1.81 bits per heavy atom. The van der Waals surface area contributed by atoms with Crippen LogP contribution in [0.15, 0.2) is 12.1 Å². The predicted molar refractivity (Wildman–Crippen MR) is 83.4 cm³/mol. The van der Waals surface area contributed by atoms with Gasteiger partial charge in [0, 0.05) is 25.2 Å². The Morgan fingerprint density at radius 3 is 2.29 bits per heavy atom. The van der Waals surface area contributed by atoms with Crippen molar-refractivity contribution in [3.8, 4) is 17.2 Å². The molecule has 1 aliphatic heterocycles. The van der Waals surface area contributed by atoms with Crippen LogP contribution in [0.4, 0.5) is 0 Å². The molecule has 5 heteroatoms. The maximum Gasteiger partial charge on any atom is 0.130 e. The van der Waals surface area contributed by atoms with Crippen molar-refractivity contribution in [3.63, 3.8) is 0 Å². The summed E-state index contributed by atoms with van der Waals surface area (Å²) in [4.78, 5) is 2.38. The summed E-state index contributed by atoms with van der Waals surface area (Å²) in [6, 6.07) is 3.78. The van der Waals surface area contributed by atoms with E-state index in [2.05, 4.69) is 17.3 Å². The fourth-order valence-electron chi connectivity index (χ4n) is 2.85. The molecule has 0 aromatic heterocycles. The number of nitrogens with zero attached hydrogens (tertiary/aromatic N) is 1. The summed E-state index contributed by atoms with van der Waals surface area (Å²) >= 11 is 0. The molecule has 1 aromatic rings. The molecule has 0 aliphatic carbocycles. The number of benzene rings is 1. The summed E-state index contributed by atoms with van der Waals surface area (Å²) in [5, 5.41) is 3.52. The third-order valence-corrected chi connectivity index (χ3v) is 4.04. The molecule has 118 valence electrons. The summed E-state index contributed by atoms with van der Waals surface area (Å²) < 4.78 is 16.2. The van der Waals surface area contributed by atoms with E-state index in [0.29, 0.717) is 0 Å². The summed E-state index contributed by atoms with van der Waals surface area (Å²) in [5.74, 6) is 3.06. The lowest BCUT2D eigenvalue weighted by molar-refractivity contribution is 0.363. The average molecular weight is 294 g/mol. The molecule has 1 saturated heterocycles. The molecule has 1 aliphatic rings. The van der Waals surface area contributed by atoms with Gasteiger partial charge < -0.3 is 24.4 Å². The minimum atomic E-state index is 0.727. The van der Waals surface area contributed by atoms with Crippen molar-refractivity contribution in [1.82, 2.24) is 10.2 Å². The lowest BCUT2D eigenvalue weighted by Crippen LogP contribution is -2.25. The van der Waals surface area contributed by atoms with Gasteiger partial charge in [0.05, 0.1) is 26.9 Å². The summed E-state index contributed by atoms with van der Waals surface area (Å²) in [6.45, 7) is 4.12. The van der Waals surface area contributed by atoms with E-state index in [4.69, 9.17) is 14.2 Å². The van der Waals surface area contributed by atoms with Crippen LogP contribution in [-0.2, 0) is 6.54 Å². The average Bonchev–Trinajstić information content (AvgIpc) is 2.92. The highest BCUT2D eigenvalue weighted by molar-refractivity contribution is 5.50. The summed E-state index contributed by atoms with van der Waals surface area (Å²) in [7, 11) is 7.16. The second-order valence-corrected chi connectivity index (χ2v) is 5.56. The zero-order valence-electron chi connectivity index (χ0n) is 13.4. The standard InChI is InChI=1S/C16H26N2O3/c1-18-6-5-12(11-18)9-17-10-14-15(20-3)7-13(19-2)8-16(14)21-4/h7-8,12,17H,5-6,9-11H2,1-4H3. The van der Waals surface area contributed by atoms with Gasteiger partial charge in [-0.05, 0) is 32.5 Å². The van der Waals surface area contributed by atoms with Gasteiger partial charge in [0.15, 0.2) is 0 Å². The first kappa shape index (κ1) is 15.9. The van der Waals surface area contributed by atoms with Gasteiger partial charge in [-0.3, -0.25) is 0 Å².